The summed E-state index contributed by atoms with van der Waals surface area (Å²) >= 11 is 0. The molecule has 1 aliphatic heterocycles. The summed E-state index contributed by atoms with van der Waals surface area (Å²) in [5.74, 6) is -2.49. The number of hydrogen-bond acceptors (Lipinski definition) is 3. The predicted molar refractivity (Wildman–Crippen MR) is 88.8 cm³/mol. The fourth-order valence-corrected chi connectivity index (χ4v) is 3.62. The van der Waals surface area contributed by atoms with Crippen LogP contribution in [0.15, 0.2) is 48.4 Å². The van der Waals surface area contributed by atoms with Crippen molar-refractivity contribution in [3.8, 4) is 0 Å². The fourth-order valence-electron chi connectivity index (χ4n) is 3.62. The molecule has 0 amide bonds. The lowest BCUT2D eigenvalue weighted by Gasteiger charge is -2.38. The maximum absolute atomic E-state index is 13.0. The van der Waals surface area contributed by atoms with Gasteiger partial charge in [0, 0.05) is 31.6 Å². The number of benzene rings is 1. The van der Waals surface area contributed by atoms with Gasteiger partial charge in [0.25, 0.3) is 5.92 Å². The molecule has 0 spiro atoms. The van der Waals surface area contributed by atoms with Crippen LogP contribution in [-0.2, 0) is 12.8 Å². The SMILES string of the molecule is FC1(F)CN(CCC2=C(Cc3cnccn3)c3ccccc3C2)C1. The minimum atomic E-state index is -2.49. The van der Waals surface area contributed by atoms with E-state index in [1.54, 1.807) is 18.6 Å². The van der Waals surface area contributed by atoms with Gasteiger partial charge >= 0.3 is 0 Å². The lowest BCUT2D eigenvalue weighted by Crippen LogP contribution is -2.56. The summed E-state index contributed by atoms with van der Waals surface area (Å²) < 4.78 is 26.0. The van der Waals surface area contributed by atoms with E-state index in [0.717, 1.165) is 25.0 Å². The Balaban J connectivity index is 1.53. The van der Waals surface area contributed by atoms with Crippen molar-refractivity contribution in [3.05, 3.63) is 65.2 Å². The van der Waals surface area contributed by atoms with Crippen molar-refractivity contribution in [2.24, 2.45) is 0 Å². The number of rotatable bonds is 5. The monoisotopic (exact) mass is 327 g/mol. The van der Waals surface area contributed by atoms with Gasteiger partial charge in [-0.1, -0.05) is 29.8 Å². The molecule has 124 valence electrons. The summed E-state index contributed by atoms with van der Waals surface area (Å²) in [6.07, 6.45) is 7.66. The first kappa shape index (κ1) is 15.4. The van der Waals surface area contributed by atoms with E-state index in [9.17, 15) is 8.78 Å². The van der Waals surface area contributed by atoms with Gasteiger partial charge in [0.05, 0.1) is 18.8 Å². The van der Waals surface area contributed by atoms with Crippen LogP contribution < -0.4 is 0 Å². The Kier molecular flexibility index (Phi) is 3.88. The number of likely N-dealkylation sites (tertiary alicyclic amines) is 1. The molecule has 5 heteroatoms. The lowest BCUT2D eigenvalue weighted by atomic mass is 9.99. The van der Waals surface area contributed by atoms with E-state index in [0.29, 0.717) is 6.54 Å². The minimum Gasteiger partial charge on any atom is -0.291 e. The molecule has 1 aliphatic carbocycles. The molecule has 4 rings (SSSR count). The van der Waals surface area contributed by atoms with Crippen molar-refractivity contribution in [2.45, 2.75) is 25.2 Å². The number of hydrogen-bond donors (Lipinski definition) is 0. The molecule has 1 aromatic carbocycles. The van der Waals surface area contributed by atoms with Gasteiger partial charge in [-0.3, -0.25) is 14.9 Å². The summed E-state index contributed by atoms with van der Waals surface area (Å²) in [6, 6.07) is 8.40. The van der Waals surface area contributed by atoms with E-state index in [-0.39, 0.29) is 13.1 Å². The third kappa shape index (κ3) is 3.08. The first-order valence-corrected chi connectivity index (χ1v) is 8.25. The van der Waals surface area contributed by atoms with E-state index in [2.05, 4.69) is 34.2 Å². The molecule has 0 bridgehead atoms. The number of alkyl halides is 2. The Hall–Kier alpha value is -2.14. The second-order valence-corrected chi connectivity index (χ2v) is 6.61. The standard InChI is InChI=1S/C19H19F2N3/c20-19(21)12-24(13-19)8-5-15-9-14-3-1-2-4-17(14)18(15)10-16-11-22-6-7-23-16/h1-4,6-7,11H,5,8-10,12-13H2. The zero-order chi connectivity index (χ0) is 16.6. The number of aromatic nitrogens is 2. The van der Waals surface area contributed by atoms with Crippen LogP contribution in [0.1, 0.15) is 23.2 Å². The van der Waals surface area contributed by atoms with Gasteiger partial charge in [-0.2, -0.15) is 0 Å². The van der Waals surface area contributed by atoms with Crippen LogP contribution in [-0.4, -0.2) is 40.4 Å². The normalized spacial score (nSPS) is 19.2. The molecular formula is C19H19F2N3. The van der Waals surface area contributed by atoms with Crippen LogP contribution in [0, 0.1) is 0 Å². The molecule has 0 N–H and O–H groups in total. The molecule has 3 nitrogen and oxygen atoms in total. The van der Waals surface area contributed by atoms with E-state index in [1.807, 2.05) is 4.90 Å². The van der Waals surface area contributed by atoms with Gasteiger partial charge in [-0.05, 0) is 29.5 Å². The second-order valence-electron chi connectivity index (χ2n) is 6.61. The van der Waals surface area contributed by atoms with Crippen LogP contribution in [0.5, 0.6) is 0 Å². The number of halogens is 2. The van der Waals surface area contributed by atoms with Crippen molar-refractivity contribution in [3.63, 3.8) is 0 Å². The highest BCUT2D eigenvalue weighted by molar-refractivity contribution is 5.77. The highest BCUT2D eigenvalue weighted by Crippen LogP contribution is 2.37. The summed E-state index contributed by atoms with van der Waals surface area (Å²) in [5, 5.41) is 0. The average Bonchev–Trinajstić information content (AvgIpc) is 2.90. The van der Waals surface area contributed by atoms with Crippen molar-refractivity contribution < 1.29 is 8.78 Å². The maximum Gasteiger partial charge on any atom is 0.272 e. The largest absolute Gasteiger partial charge is 0.291 e. The summed E-state index contributed by atoms with van der Waals surface area (Å²) in [4.78, 5) is 10.4. The smallest absolute Gasteiger partial charge is 0.272 e. The summed E-state index contributed by atoms with van der Waals surface area (Å²) in [7, 11) is 0. The van der Waals surface area contributed by atoms with E-state index in [1.165, 1.54) is 22.3 Å². The first-order valence-electron chi connectivity index (χ1n) is 8.25. The molecule has 1 aromatic heterocycles. The Bertz CT molecular complexity index is 763. The summed E-state index contributed by atoms with van der Waals surface area (Å²) in [6.45, 7) is 0.488. The van der Waals surface area contributed by atoms with Crippen LogP contribution in [0.2, 0.25) is 0 Å². The minimum absolute atomic E-state index is 0.104. The van der Waals surface area contributed by atoms with E-state index < -0.39 is 5.92 Å². The number of nitrogens with zero attached hydrogens (tertiary/aromatic N) is 3. The van der Waals surface area contributed by atoms with Crippen molar-refractivity contribution in [2.75, 3.05) is 19.6 Å². The first-order chi connectivity index (χ1) is 11.6. The molecular weight excluding hydrogens is 308 g/mol. The molecule has 1 fully saturated rings. The van der Waals surface area contributed by atoms with Gasteiger partial charge in [0.1, 0.15) is 0 Å². The van der Waals surface area contributed by atoms with Crippen LogP contribution in [0.4, 0.5) is 8.78 Å². The Labute approximate surface area is 140 Å². The predicted octanol–water partition coefficient (Wildman–Crippen LogP) is 3.37. The third-order valence-electron chi connectivity index (χ3n) is 4.79. The quantitative estimate of drug-likeness (QED) is 0.843. The molecule has 2 heterocycles. The van der Waals surface area contributed by atoms with E-state index >= 15 is 0 Å². The Morgan fingerprint density at radius 2 is 1.96 bits per heavy atom. The van der Waals surface area contributed by atoms with Crippen LogP contribution in [0.25, 0.3) is 5.57 Å². The average molecular weight is 327 g/mol. The third-order valence-corrected chi connectivity index (χ3v) is 4.79. The van der Waals surface area contributed by atoms with Crippen LogP contribution in [0.3, 0.4) is 0 Å². The Morgan fingerprint density at radius 1 is 1.12 bits per heavy atom. The zero-order valence-electron chi connectivity index (χ0n) is 13.4. The van der Waals surface area contributed by atoms with Crippen molar-refractivity contribution in [1.29, 1.82) is 0 Å². The van der Waals surface area contributed by atoms with Gasteiger partial charge in [0.2, 0.25) is 0 Å². The number of fused-ring (bicyclic) bond motifs is 1. The molecule has 24 heavy (non-hydrogen) atoms. The molecule has 0 atom stereocenters. The molecule has 0 saturated carbocycles. The maximum atomic E-state index is 13.0. The summed E-state index contributed by atoms with van der Waals surface area (Å²) in [5.41, 5.74) is 6.17. The molecule has 0 unspecified atom stereocenters. The molecule has 0 radical (unpaired) electrons. The van der Waals surface area contributed by atoms with Gasteiger partial charge < -0.3 is 0 Å². The van der Waals surface area contributed by atoms with Crippen LogP contribution >= 0.6 is 0 Å². The van der Waals surface area contributed by atoms with Crippen molar-refractivity contribution in [1.82, 2.24) is 14.9 Å². The van der Waals surface area contributed by atoms with Gasteiger partial charge in [0.15, 0.2) is 0 Å². The van der Waals surface area contributed by atoms with Crippen molar-refractivity contribution >= 4 is 5.57 Å². The topological polar surface area (TPSA) is 29.0 Å². The Morgan fingerprint density at radius 3 is 2.71 bits per heavy atom. The molecule has 2 aromatic rings. The highest BCUT2D eigenvalue weighted by atomic mass is 19.3. The second kappa shape index (κ2) is 6.06. The molecule has 2 aliphatic rings. The van der Waals surface area contributed by atoms with Gasteiger partial charge in [-0.15, -0.1) is 0 Å². The molecule has 1 saturated heterocycles. The number of allylic oxidation sites excluding steroid dienone is 1. The fraction of sp³-hybridized carbons (Fsp3) is 0.368. The van der Waals surface area contributed by atoms with E-state index in [4.69, 9.17) is 0 Å². The highest BCUT2D eigenvalue weighted by Gasteiger charge is 2.43. The zero-order valence-corrected chi connectivity index (χ0v) is 13.4. The lowest BCUT2D eigenvalue weighted by molar-refractivity contribution is -0.129. The van der Waals surface area contributed by atoms with Gasteiger partial charge in [-0.25, -0.2) is 8.78 Å².